The lowest BCUT2D eigenvalue weighted by Crippen LogP contribution is -2.14. The molecule has 2 rings (SSSR count). The molecule has 4 nitrogen and oxygen atoms in total. The van der Waals surface area contributed by atoms with Crippen molar-refractivity contribution in [1.29, 1.82) is 0 Å². The summed E-state index contributed by atoms with van der Waals surface area (Å²) in [5, 5.41) is 4.34. The summed E-state index contributed by atoms with van der Waals surface area (Å²) in [4.78, 5) is 8.28. The maximum absolute atomic E-state index is 6.03. The number of hydrogen-bond acceptors (Lipinski definition) is 4. The molecular weight excluding hydrogens is 333 g/mol. The highest BCUT2D eigenvalue weighted by Gasteiger charge is 2.09. The van der Waals surface area contributed by atoms with E-state index < -0.39 is 0 Å². The molecule has 0 saturated carbocycles. The number of halogens is 3. The number of nitrogens with one attached hydrogen (secondary N) is 1. The minimum Gasteiger partial charge on any atom is -0.423 e. The second-order valence-electron chi connectivity index (χ2n) is 4.35. The Morgan fingerprint density at radius 2 is 1.71 bits per heavy atom. The summed E-state index contributed by atoms with van der Waals surface area (Å²) in [6, 6.07) is 3.25. The fourth-order valence-electron chi connectivity index (χ4n) is 1.58. The van der Waals surface area contributed by atoms with Crippen LogP contribution in [0.3, 0.4) is 0 Å². The maximum atomic E-state index is 6.03. The first-order valence-corrected chi connectivity index (χ1v) is 7.57. The van der Waals surface area contributed by atoms with Crippen molar-refractivity contribution in [3.05, 3.63) is 45.2 Å². The van der Waals surface area contributed by atoms with Gasteiger partial charge in [0, 0.05) is 30.6 Å². The monoisotopic (exact) mass is 345 g/mol. The smallest absolute Gasteiger partial charge is 0.321 e. The van der Waals surface area contributed by atoms with Gasteiger partial charge in [-0.05, 0) is 19.0 Å². The number of benzene rings is 1. The van der Waals surface area contributed by atoms with Gasteiger partial charge >= 0.3 is 6.01 Å². The van der Waals surface area contributed by atoms with Gasteiger partial charge in [-0.2, -0.15) is 0 Å². The van der Waals surface area contributed by atoms with Gasteiger partial charge in [0.1, 0.15) is 0 Å². The first-order chi connectivity index (χ1) is 10.1. The Morgan fingerprint density at radius 1 is 1.05 bits per heavy atom. The van der Waals surface area contributed by atoms with Crippen LogP contribution in [0.1, 0.15) is 18.9 Å². The van der Waals surface area contributed by atoms with Crippen LogP contribution in [0, 0.1) is 0 Å². The summed E-state index contributed by atoms with van der Waals surface area (Å²) < 4.78 is 5.51. The van der Waals surface area contributed by atoms with Gasteiger partial charge < -0.3 is 10.1 Å². The van der Waals surface area contributed by atoms with Crippen molar-refractivity contribution in [3.63, 3.8) is 0 Å². The van der Waals surface area contributed by atoms with Crippen LogP contribution in [0.5, 0.6) is 11.8 Å². The number of ether oxygens (including phenoxy) is 1. The predicted molar refractivity (Wildman–Crippen MR) is 85.6 cm³/mol. The van der Waals surface area contributed by atoms with Crippen molar-refractivity contribution >= 4 is 34.8 Å². The van der Waals surface area contributed by atoms with E-state index in [0.29, 0.717) is 20.8 Å². The lowest BCUT2D eigenvalue weighted by atomic mass is 10.3. The Morgan fingerprint density at radius 3 is 2.38 bits per heavy atom. The molecule has 0 aliphatic heterocycles. The van der Waals surface area contributed by atoms with E-state index in [1.165, 1.54) is 12.1 Å². The zero-order valence-electron chi connectivity index (χ0n) is 11.4. The fraction of sp³-hybridized carbons (Fsp3) is 0.286. The lowest BCUT2D eigenvalue weighted by molar-refractivity contribution is 0.441. The van der Waals surface area contributed by atoms with Gasteiger partial charge in [0.15, 0.2) is 5.75 Å². The van der Waals surface area contributed by atoms with Crippen LogP contribution in [-0.2, 0) is 6.54 Å². The predicted octanol–water partition coefficient (Wildman–Crippen LogP) is 4.73. The summed E-state index contributed by atoms with van der Waals surface area (Å²) in [6.45, 7) is 3.79. The van der Waals surface area contributed by atoms with E-state index in [2.05, 4.69) is 22.2 Å². The third-order valence-corrected chi connectivity index (χ3v) is 3.63. The minimum absolute atomic E-state index is 0.203. The van der Waals surface area contributed by atoms with Crippen molar-refractivity contribution in [2.75, 3.05) is 6.54 Å². The SMILES string of the molecule is CCCNCc1cnc(Oc2cc(Cl)c(Cl)cc2Cl)nc1. The number of rotatable bonds is 6. The molecule has 0 atom stereocenters. The summed E-state index contributed by atoms with van der Waals surface area (Å²) in [7, 11) is 0. The van der Waals surface area contributed by atoms with Crippen molar-refractivity contribution in [3.8, 4) is 11.8 Å². The molecule has 0 radical (unpaired) electrons. The Kier molecular flexibility index (Phi) is 6.06. The molecule has 112 valence electrons. The largest absolute Gasteiger partial charge is 0.423 e. The molecule has 1 aromatic carbocycles. The van der Waals surface area contributed by atoms with Gasteiger partial charge in [0.05, 0.1) is 15.1 Å². The van der Waals surface area contributed by atoms with Crippen LogP contribution < -0.4 is 10.1 Å². The van der Waals surface area contributed by atoms with E-state index in [9.17, 15) is 0 Å². The van der Waals surface area contributed by atoms with Gasteiger partial charge in [-0.1, -0.05) is 41.7 Å². The van der Waals surface area contributed by atoms with Gasteiger partial charge in [0.2, 0.25) is 0 Å². The van der Waals surface area contributed by atoms with Crippen LogP contribution in [0.4, 0.5) is 0 Å². The van der Waals surface area contributed by atoms with Gasteiger partial charge in [-0.25, -0.2) is 9.97 Å². The zero-order valence-corrected chi connectivity index (χ0v) is 13.6. The number of aromatic nitrogens is 2. The molecule has 7 heteroatoms. The first kappa shape index (κ1) is 16.3. The normalized spacial score (nSPS) is 10.7. The van der Waals surface area contributed by atoms with Gasteiger partial charge in [0.25, 0.3) is 0 Å². The van der Waals surface area contributed by atoms with E-state index >= 15 is 0 Å². The van der Waals surface area contributed by atoms with E-state index in [0.717, 1.165) is 25.1 Å². The average molecular weight is 347 g/mol. The van der Waals surface area contributed by atoms with Crippen molar-refractivity contribution in [2.45, 2.75) is 19.9 Å². The Labute approximate surface area is 138 Å². The first-order valence-electron chi connectivity index (χ1n) is 6.44. The zero-order chi connectivity index (χ0) is 15.2. The molecule has 0 aliphatic rings. The van der Waals surface area contributed by atoms with E-state index in [-0.39, 0.29) is 6.01 Å². The van der Waals surface area contributed by atoms with E-state index in [1.807, 2.05) is 0 Å². The molecular formula is C14H14Cl3N3O. The summed E-state index contributed by atoms with van der Waals surface area (Å²) in [6.07, 6.45) is 4.49. The second kappa shape index (κ2) is 7.80. The minimum atomic E-state index is 0.203. The van der Waals surface area contributed by atoms with Crippen molar-refractivity contribution in [2.24, 2.45) is 0 Å². The molecule has 2 aromatic rings. The van der Waals surface area contributed by atoms with Crippen LogP contribution >= 0.6 is 34.8 Å². The highest BCUT2D eigenvalue weighted by Crippen LogP contribution is 2.35. The third kappa shape index (κ3) is 4.71. The van der Waals surface area contributed by atoms with Crippen molar-refractivity contribution < 1.29 is 4.74 Å². The summed E-state index contributed by atoms with van der Waals surface area (Å²) >= 11 is 17.8. The highest BCUT2D eigenvalue weighted by atomic mass is 35.5. The van der Waals surface area contributed by atoms with Gasteiger partial charge in [-0.3, -0.25) is 0 Å². The highest BCUT2D eigenvalue weighted by molar-refractivity contribution is 6.43. The Bertz CT molecular complexity index is 605. The van der Waals surface area contributed by atoms with Crippen LogP contribution in [-0.4, -0.2) is 16.5 Å². The number of hydrogen-bond donors (Lipinski definition) is 1. The molecule has 0 aliphatic carbocycles. The summed E-state index contributed by atoms with van der Waals surface area (Å²) in [5.41, 5.74) is 0.982. The average Bonchev–Trinajstić information content (AvgIpc) is 2.47. The second-order valence-corrected chi connectivity index (χ2v) is 5.57. The topological polar surface area (TPSA) is 47.0 Å². The molecule has 0 unspecified atom stereocenters. The van der Waals surface area contributed by atoms with Crippen LogP contribution in [0.25, 0.3) is 0 Å². The Hall–Kier alpha value is -1.07. The standard InChI is InChI=1S/C14H14Cl3N3O/c1-2-3-18-6-9-7-19-14(20-8-9)21-13-5-11(16)10(15)4-12(13)17/h4-5,7-8,18H,2-3,6H2,1H3. The molecule has 0 spiro atoms. The molecule has 0 bridgehead atoms. The molecule has 0 saturated heterocycles. The molecule has 1 heterocycles. The van der Waals surface area contributed by atoms with E-state index in [4.69, 9.17) is 39.5 Å². The van der Waals surface area contributed by atoms with E-state index in [1.54, 1.807) is 12.4 Å². The number of nitrogens with zero attached hydrogens (tertiary/aromatic N) is 2. The van der Waals surface area contributed by atoms with Crippen LogP contribution in [0.15, 0.2) is 24.5 Å². The van der Waals surface area contributed by atoms with Crippen molar-refractivity contribution in [1.82, 2.24) is 15.3 Å². The maximum Gasteiger partial charge on any atom is 0.321 e. The molecule has 1 aromatic heterocycles. The lowest BCUT2D eigenvalue weighted by Gasteiger charge is -2.08. The molecule has 0 fully saturated rings. The third-order valence-electron chi connectivity index (χ3n) is 2.61. The Balaban J connectivity index is 2.05. The molecule has 21 heavy (non-hydrogen) atoms. The summed E-state index contributed by atoms with van der Waals surface area (Å²) in [5.74, 6) is 0.364. The molecule has 0 amide bonds. The molecule has 1 N–H and O–H groups in total. The quantitative estimate of drug-likeness (QED) is 0.607. The fourth-order valence-corrected chi connectivity index (χ4v) is 2.15. The van der Waals surface area contributed by atoms with Crippen LogP contribution in [0.2, 0.25) is 15.1 Å². The van der Waals surface area contributed by atoms with Gasteiger partial charge in [-0.15, -0.1) is 0 Å².